The highest BCUT2D eigenvalue weighted by atomic mass is 35.5. The van der Waals surface area contributed by atoms with E-state index in [2.05, 4.69) is 5.32 Å². The van der Waals surface area contributed by atoms with Crippen molar-refractivity contribution in [1.82, 2.24) is 0 Å². The summed E-state index contributed by atoms with van der Waals surface area (Å²) < 4.78 is 10.8. The van der Waals surface area contributed by atoms with Gasteiger partial charge in [0, 0.05) is 10.7 Å². The summed E-state index contributed by atoms with van der Waals surface area (Å²) in [5.41, 5.74) is 2.50. The number of halogens is 1. The monoisotopic (exact) mass is 422 g/mol. The topological polar surface area (TPSA) is 67.9 Å². The van der Waals surface area contributed by atoms with Gasteiger partial charge in [-0.3, -0.25) is 9.59 Å². The number of benzene rings is 3. The van der Waals surface area contributed by atoms with E-state index in [4.69, 9.17) is 21.1 Å². The van der Waals surface area contributed by atoms with Crippen LogP contribution in [0, 0.1) is 0 Å². The molecule has 0 bridgehead atoms. The van der Waals surface area contributed by atoms with Gasteiger partial charge in [-0.1, -0.05) is 35.9 Å². The number of ether oxygens (including phenoxy) is 2. The molecule has 3 aromatic carbocycles. The normalized spacial score (nSPS) is 12.7. The summed E-state index contributed by atoms with van der Waals surface area (Å²) in [5.74, 6) is 0.597. The minimum absolute atomic E-state index is 0.0342. The van der Waals surface area contributed by atoms with Crippen LogP contribution in [0.5, 0.6) is 11.5 Å². The third kappa shape index (κ3) is 4.09. The lowest BCUT2D eigenvalue weighted by Gasteiger charge is -2.30. The largest absolute Gasteiger partial charge is 0.496 e. The van der Waals surface area contributed by atoms with Crippen LogP contribution >= 0.6 is 11.6 Å². The fourth-order valence-corrected chi connectivity index (χ4v) is 3.38. The Morgan fingerprint density at radius 1 is 1.13 bits per heavy atom. The number of nitrogens with one attached hydrogen (secondary N) is 1. The van der Waals surface area contributed by atoms with E-state index < -0.39 is 0 Å². The highest BCUT2D eigenvalue weighted by Crippen LogP contribution is 2.36. The first-order chi connectivity index (χ1) is 14.5. The van der Waals surface area contributed by atoms with Crippen LogP contribution < -0.4 is 19.7 Å². The first-order valence-electron chi connectivity index (χ1n) is 9.31. The summed E-state index contributed by atoms with van der Waals surface area (Å²) in [7, 11) is 1.52. The molecule has 7 heteroatoms. The van der Waals surface area contributed by atoms with Crippen molar-refractivity contribution in [2.45, 2.75) is 6.54 Å². The predicted octanol–water partition coefficient (Wildman–Crippen LogP) is 4.53. The Labute approximate surface area is 179 Å². The van der Waals surface area contributed by atoms with Crippen LogP contribution in [-0.4, -0.2) is 25.5 Å². The van der Waals surface area contributed by atoms with Gasteiger partial charge in [0.15, 0.2) is 6.61 Å². The fraction of sp³-hybridized carbons (Fsp3) is 0.130. The van der Waals surface area contributed by atoms with Crippen molar-refractivity contribution in [3.63, 3.8) is 0 Å². The molecule has 0 unspecified atom stereocenters. The van der Waals surface area contributed by atoms with Gasteiger partial charge in [-0.05, 0) is 48.0 Å². The maximum absolute atomic E-state index is 12.7. The summed E-state index contributed by atoms with van der Waals surface area (Å²) >= 11 is 5.96. The number of nitrogens with zero attached hydrogens (tertiary/aromatic N) is 1. The number of hydrogen-bond donors (Lipinski definition) is 1. The number of para-hydroxylation sites is 1. The summed E-state index contributed by atoms with van der Waals surface area (Å²) in [6.45, 7) is 0.337. The Kier molecular flexibility index (Phi) is 5.59. The lowest BCUT2D eigenvalue weighted by molar-refractivity contribution is -0.121. The zero-order chi connectivity index (χ0) is 21.1. The van der Waals surface area contributed by atoms with Gasteiger partial charge in [0.2, 0.25) is 0 Å². The number of rotatable bonds is 5. The van der Waals surface area contributed by atoms with E-state index in [1.807, 2.05) is 12.1 Å². The van der Waals surface area contributed by atoms with Gasteiger partial charge in [-0.15, -0.1) is 0 Å². The molecule has 152 valence electrons. The molecule has 3 aromatic rings. The van der Waals surface area contributed by atoms with Crippen LogP contribution in [0.25, 0.3) is 0 Å². The Morgan fingerprint density at radius 3 is 2.67 bits per heavy atom. The van der Waals surface area contributed by atoms with Gasteiger partial charge in [0.05, 0.1) is 24.9 Å². The van der Waals surface area contributed by atoms with E-state index >= 15 is 0 Å². The SMILES string of the molecule is COc1ccccc1C(=O)Nc1ccc2c(c1)N(Cc1ccc(Cl)cc1)C(=O)CO2. The van der Waals surface area contributed by atoms with E-state index in [9.17, 15) is 9.59 Å². The number of amides is 2. The lowest BCUT2D eigenvalue weighted by atomic mass is 10.1. The third-order valence-corrected chi connectivity index (χ3v) is 5.02. The van der Waals surface area contributed by atoms with Gasteiger partial charge in [0.25, 0.3) is 11.8 Å². The molecule has 0 saturated carbocycles. The lowest BCUT2D eigenvalue weighted by Crippen LogP contribution is -2.38. The minimum Gasteiger partial charge on any atom is -0.496 e. The van der Waals surface area contributed by atoms with Crippen molar-refractivity contribution in [3.05, 3.63) is 82.9 Å². The molecule has 0 spiro atoms. The highest BCUT2D eigenvalue weighted by Gasteiger charge is 2.26. The predicted molar refractivity (Wildman–Crippen MR) is 116 cm³/mol. The number of fused-ring (bicyclic) bond motifs is 1. The zero-order valence-corrected chi connectivity index (χ0v) is 17.0. The minimum atomic E-state index is -0.306. The standard InChI is InChI=1S/C23H19ClN2O4/c1-29-20-5-3-2-4-18(20)23(28)25-17-10-11-21-19(12-17)26(22(27)14-30-21)13-15-6-8-16(24)9-7-15/h2-12H,13-14H2,1H3,(H,25,28). The molecule has 0 aromatic heterocycles. The zero-order valence-electron chi connectivity index (χ0n) is 16.2. The molecule has 1 heterocycles. The molecule has 1 N–H and O–H groups in total. The van der Waals surface area contributed by atoms with Gasteiger partial charge < -0.3 is 19.7 Å². The number of anilines is 2. The van der Waals surface area contributed by atoms with E-state index in [1.54, 1.807) is 59.5 Å². The molecule has 2 amide bonds. The highest BCUT2D eigenvalue weighted by molar-refractivity contribution is 6.30. The van der Waals surface area contributed by atoms with Crippen molar-refractivity contribution in [3.8, 4) is 11.5 Å². The van der Waals surface area contributed by atoms with E-state index in [-0.39, 0.29) is 18.4 Å². The van der Waals surface area contributed by atoms with E-state index in [0.29, 0.717) is 40.0 Å². The molecule has 30 heavy (non-hydrogen) atoms. The molecule has 0 radical (unpaired) electrons. The van der Waals surface area contributed by atoms with Crippen LogP contribution in [0.15, 0.2) is 66.7 Å². The Morgan fingerprint density at radius 2 is 1.90 bits per heavy atom. The molecule has 6 nitrogen and oxygen atoms in total. The maximum Gasteiger partial charge on any atom is 0.265 e. The van der Waals surface area contributed by atoms with E-state index in [0.717, 1.165) is 5.56 Å². The Hall–Kier alpha value is -3.51. The Balaban J connectivity index is 1.60. The van der Waals surface area contributed by atoms with Crippen LogP contribution in [0.3, 0.4) is 0 Å². The van der Waals surface area contributed by atoms with Crippen molar-refractivity contribution < 1.29 is 19.1 Å². The van der Waals surface area contributed by atoms with Crippen LogP contribution in [0.2, 0.25) is 5.02 Å². The van der Waals surface area contributed by atoms with Gasteiger partial charge in [-0.2, -0.15) is 0 Å². The van der Waals surface area contributed by atoms with Gasteiger partial charge in [-0.25, -0.2) is 0 Å². The number of carbonyl (C=O) groups is 2. The summed E-state index contributed by atoms with van der Waals surface area (Å²) in [6.07, 6.45) is 0. The van der Waals surface area contributed by atoms with Crippen LogP contribution in [0.1, 0.15) is 15.9 Å². The molecule has 0 aliphatic carbocycles. The third-order valence-electron chi connectivity index (χ3n) is 4.77. The quantitative estimate of drug-likeness (QED) is 0.656. The molecule has 0 atom stereocenters. The molecule has 1 aliphatic heterocycles. The smallest absolute Gasteiger partial charge is 0.265 e. The summed E-state index contributed by atoms with van der Waals surface area (Å²) in [4.78, 5) is 26.9. The molecule has 4 rings (SSSR count). The number of carbonyl (C=O) groups excluding carboxylic acids is 2. The van der Waals surface area contributed by atoms with Crippen LogP contribution in [0.4, 0.5) is 11.4 Å². The second-order valence-corrected chi connectivity index (χ2v) is 7.17. The summed E-state index contributed by atoms with van der Waals surface area (Å²) in [5, 5.41) is 3.49. The van der Waals surface area contributed by atoms with Crippen LogP contribution in [-0.2, 0) is 11.3 Å². The first-order valence-corrected chi connectivity index (χ1v) is 9.69. The molecular formula is C23H19ClN2O4. The first kappa shape index (κ1) is 19.8. The summed E-state index contributed by atoms with van der Waals surface area (Å²) in [6, 6.07) is 19.5. The van der Waals surface area contributed by atoms with Gasteiger partial charge in [0.1, 0.15) is 11.5 Å². The van der Waals surface area contributed by atoms with Gasteiger partial charge >= 0.3 is 0 Å². The molecular weight excluding hydrogens is 404 g/mol. The van der Waals surface area contributed by atoms with E-state index in [1.165, 1.54) is 7.11 Å². The maximum atomic E-state index is 12.7. The second-order valence-electron chi connectivity index (χ2n) is 6.73. The average molecular weight is 423 g/mol. The van der Waals surface area contributed by atoms with Crippen molar-refractivity contribution >= 4 is 34.8 Å². The Bertz CT molecular complexity index is 1100. The van der Waals surface area contributed by atoms with Crippen molar-refractivity contribution in [1.29, 1.82) is 0 Å². The average Bonchev–Trinajstić information content (AvgIpc) is 2.77. The van der Waals surface area contributed by atoms with Crippen molar-refractivity contribution in [2.24, 2.45) is 0 Å². The second kappa shape index (κ2) is 8.47. The molecule has 1 aliphatic rings. The fourth-order valence-electron chi connectivity index (χ4n) is 3.26. The molecule has 0 fully saturated rings. The number of hydrogen-bond acceptors (Lipinski definition) is 4. The number of methoxy groups -OCH3 is 1. The van der Waals surface area contributed by atoms with Crippen molar-refractivity contribution in [2.75, 3.05) is 23.9 Å². The molecule has 0 saturated heterocycles.